The van der Waals surface area contributed by atoms with Crippen molar-refractivity contribution < 1.29 is 4.39 Å². The first-order valence-electron chi connectivity index (χ1n) is 7.75. The summed E-state index contributed by atoms with van der Waals surface area (Å²) in [5, 5.41) is 3.35. The zero-order valence-electron chi connectivity index (χ0n) is 13.5. The maximum absolute atomic E-state index is 14.2. The Morgan fingerprint density at radius 1 is 1.20 bits per heavy atom. The van der Waals surface area contributed by atoms with Crippen LogP contribution in [0.1, 0.15) is 46.6 Å². The molecule has 114 valence electrons. The number of halogens is 1. The molecule has 0 spiro atoms. The molecule has 0 saturated carbocycles. The van der Waals surface area contributed by atoms with Crippen molar-refractivity contribution in [3.63, 3.8) is 0 Å². The van der Waals surface area contributed by atoms with Crippen molar-refractivity contribution in [2.24, 2.45) is 5.92 Å². The van der Waals surface area contributed by atoms with Gasteiger partial charge in [0.1, 0.15) is 5.82 Å². The Bertz CT molecular complexity index is 404. The molecule has 1 rings (SSSR count). The van der Waals surface area contributed by atoms with Crippen LogP contribution in [0.2, 0.25) is 0 Å². The van der Waals surface area contributed by atoms with Gasteiger partial charge in [0.2, 0.25) is 0 Å². The fourth-order valence-electron chi connectivity index (χ4n) is 2.42. The summed E-state index contributed by atoms with van der Waals surface area (Å²) in [6, 6.07) is 5.82. The predicted molar refractivity (Wildman–Crippen MR) is 85.7 cm³/mol. The molecule has 0 aliphatic carbocycles. The maximum Gasteiger partial charge on any atom is 0.129 e. The first kappa shape index (κ1) is 17.0. The Morgan fingerprint density at radius 2 is 1.90 bits per heavy atom. The average molecular weight is 280 g/mol. The second-order valence-corrected chi connectivity index (χ2v) is 5.81. The second kappa shape index (κ2) is 8.25. The lowest BCUT2D eigenvalue weighted by Gasteiger charge is -2.31. The summed E-state index contributed by atoms with van der Waals surface area (Å²) >= 11 is 0. The van der Waals surface area contributed by atoms with Crippen LogP contribution >= 0.6 is 0 Å². The first-order chi connectivity index (χ1) is 9.51. The molecule has 1 N–H and O–H groups in total. The van der Waals surface area contributed by atoms with Crippen molar-refractivity contribution in [2.75, 3.05) is 18.0 Å². The number of hydrogen-bond donors (Lipinski definition) is 1. The van der Waals surface area contributed by atoms with Crippen LogP contribution in [-0.4, -0.2) is 19.1 Å². The lowest BCUT2D eigenvalue weighted by atomic mass is 10.1. The molecule has 0 fully saturated rings. The Hall–Kier alpha value is -1.09. The van der Waals surface area contributed by atoms with Crippen LogP contribution in [0.5, 0.6) is 0 Å². The van der Waals surface area contributed by atoms with Gasteiger partial charge in [0.15, 0.2) is 0 Å². The van der Waals surface area contributed by atoms with Gasteiger partial charge < -0.3 is 10.2 Å². The van der Waals surface area contributed by atoms with Gasteiger partial charge in [-0.15, -0.1) is 0 Å². The normalized spacial score (nSPS) is 12.8. The van der Waals surface area contributed by atoms with E-state index in [1.165, 1.54) is 0 Å². The number of hydrogen-bond acceptors (Lipinski definition) is 2. The minimum Gasteiger partial charge on any atom is -0.369 e. The summed E-state index contributed by atoms with van der Waals surface area (Å²) in [5.41, 5.74) is 1.81. The van der Waals surface area contributed by atoms with E-state index in [0.29, 0.717) is 18.5 Å². The summed E-state index contributed by atoms with van der Waals surface area (Å²) < 4.78 is 14.2. The lowest BCUT2D eigenvalue weighted by Crippen LogP contribution is -2.34. The fourth-order valence-corrected chi connectivity index (χ4v) is 2.42. The SMILES string of the molecule is CCC(C)N(CC)c1cccc(F)c1CNCC(C)C. The van der Waals surface area contributed by atoms with E-state index in [2.05, 4.69) is 44.8 Å². The van der Waals surface area contributed by atoms with Crippen LogP contribution in [0.25, 0.3) is 0 Å². The fraction of sp³-hybridized carbons (Fsp3) is 0.647. The summed E-state index contributed by atoms with van der Waals surface area (Å²) in [6.45, 7) is 13.2. The van der Waals surface area contributed by atoms with Crippen LogP contribution in [0.4, 0.5) is 10.1 Å². The van der Waals surface area contributed by atoms with Gasteiger partial charge in [-0.3, -0.25) is 0 Å². The number of nitrogens with zero attached hydrogens (tertiary/aromatic N) is 1. The maximum atomic E-state index is 14.2. The zero-order chi connectivity index (χ0) is 15.1. The standard InChI is InChI=1S/C17H29FN2/c1-6-14(5)20(7-2)17-10-8-9-16(18)15(17)12-19-11-13(3)4/h8-10,13-14,19H,6-7,11-12H2,1-5H3. The molecular weight excluding hydrogens is 251 g/mol. The highest BCUT2D eigenvalue weighted by molar-refractivity contribution is 5.55. The summed E-state index contributed by atoms with van der Waals surface area (Å²) in [5.74, 6) is 0.461. The Labute approximate surface area is 123 Å². The van der Waals surface area contributed by atoms with E-state index in [1.54, 1.807) is 6.07 Å². The first-order valence-corrected chi connectivity index (χ1v) is 7.75. The van der Waals surface area contributed by atoms with Crippen molar-refractivity contribution in [3.8, 4) is 0 Å². The summed E-state index contributed by atoms with van der Waals surface area (Å²) in [4.78, 5) is 2.29. The van der Waals surface area contributed by atoms with Gasteiger partial charge in [0.25, 0.3) is 0 Å². The molecule has 0 aromatic heterocycles. The van der Waals surface area contributed by atoms with E-state index < -0.39 is 0 Å². The van der Waals surface area contributed by atoms with Crippen molar-refractivity contribution in [1.82, 2.24) is 5.32 Å². The molecule has 0 bridgehead atoms. The molecule has 1 atom stereocenters. The largest absolute Gasteiger partial charge is 0.369 e. The van der Waals surface area contributed by atoms with Gasteiger partial charge >= 0.3 is 0 Å². The molecule has 1 unspecified atom stereocenters. The third-order valence-corrected chi connectivity index (χ3v) is 3.72. The Balaban J connectivity index is 2.97. The van der Waals surface area contributed by atoms with Gasteiger partial charge in [0.05, 0.1) is 0 Å². The van der Waals surface area contributed by atoms with Crippen molar-refractivity contribution in [1.29, 1.82) is 0 Å². The average Bonchev–Trinajstić information content (AvgIpc) is 2.41. The monoisotopic (exact) mass is 280 g/mol. The quantitative estimate of drug-likeness (QED) is 0.768. The highest BCUT2D eigenvalue weighted by Gasteiger charge is 2.17. The molecule has 20 heavy (non-hydrogen) atoms. The van der Waals surface area contributed by atoms with E-state index >= 15 is 0 Å². The Kier molecular flexibility index (Phi) is 7.00. The number of rotatable bonds is 8. The van der Waals surface area contributed by atoms with Gasteiger partial charge in [-0.05, 0) is 44.9 Å². The number of nitrogens with one attached hydrogen (secondary N) is 1. The van der Waals surface area contributed by atoms with E-state index in [-0.39, 0.29) is 5.82 Å². The van der Waals surface area contributed by atoms with Crippen LogP contribution in [-0.2, 0) is 6.54 Å². The lowest BCUT2D eigenvalue weighted by molar-refractivity contribution is 0.531. The van der Waals surface area contributed by atoms with Crippen LogP contribution in [0, 0.1) is 11.7 Å². The Morgan fingerprint density at radius 3 is 2.45 bits per heavy atom. The van der Waals surface area contributed by atoms with E-state index in [1.807, 2.05) is 12.1 Å². The third kappa shape index (κ3) is 4.48. The molecular formula is C17H29FN2. The third-order valence-electron chi connectivity index (χ3n) is 3.72. The van der Waals surface area contributed by atoms with Crippen LogP contribution in [0.15, 0.2) is 18.2 Å². The van der Waals surface area contributed by atoms with Gasteiger partial charge in [-0.1, -0.05) is 26.8 Å². The van der Waals surface area contributed by atoms with Gasteiger partial charge in [-0.2, -0.15) is 0 Å². The van der Waals surface area contributed by atoms with Gasteiger partial charge in [-0.25, -0.2) is 4.39 Å². The van der Waals surface area contributed by atoms with Gasteiger partial charge in [0, 0.05) is 30.4 Å². The van der Waals surface area contributed by atoms with E-state index in [9.17, 15) is 4.39 Å². The highest BCUT2D eigenvalue weighted by Crippen LogP contribution is 2.25. The smallest absolute Gasteiger partial charge is 0.129 e. The summed E-state index contributed by atoms with van der Waals surface area (Å²) in [7, 11) is 0. The molecule has 3 heteroatoms. The van der Waals surface area contributed by atoms with Crippen molar-refractivity contribution in [2.45, 2.75) is 53.6 Å². The molecule has 0 amide bonds. The molecule has 2 nitrogen and oxygen atoms in total. The molecule has 0 aliphatic heterocycles. The minimum absolute atomic E-state index is 0.111. The topological polar surface area (TPSA) is 15.3 Å². The molecule has 1 aromatic carbocycles. The highest BCUT2D eigenvalue weighted by atomic mass is 19.1. The molecule has 0 radical (unpaired) electrons. The minimum atomic E-state index is -0.111. The number of anilines is 1. The van der Waals surface area contributed by atoms with Crippen LogP contribution in [0.3, 0.4) is 0 Å². The summed E-state index contributed by atoms with van der Waals surface area (Å²) in [6.07, 6.45) is 1.06. The molecule has 0 saturated heterocycles. The van der Waals surface area contributed by atoms with Crippen molar-refractivity contribution >= 4 is 5.69 Å². The number of benzene rings is 1. The zero-order valence-corrected chi connectivity index (χ0v) is 13.5. The molecule has 1 aromatic rings. The van der Waals surface area contributed by atoms with Crippen molar-refractivity contribution in [3.05, 3.63) is 29.6 Å². The van der Waals surface area contributed by atoms with E-state index in [4.69, 9.17) is 0 Å². The second-order valence-electron chi connectivity index (χ2n) is 5.81. The van der Waals surface area contributed by atoms with E-state index in [0.717, 1.165) is 30.8 Å². The van der Waals surface area contributed by atoms with Crippen LogP contribution < -0.4 is 10.2 Å². The molecule has 0 heterocycles. The molecule has 0 aliphatic rings. The predicted octanol–water partition coefficient (Wildman–Crippen LogP) is 4.20.